The van der Waals surface area contributed by atoms with Crippen LogP contribution in [0.15, 0.2) is 12.4 Å². The highest BCUT2D eigenvalue weighted by Crippen LogP contribution is 2.08. The van der Waals surface area contributed by atoms with E-state index in [0.717, 1.165) is 26.2 Å². The van der Waals surface area contributed by atoms with E-state index in [1.54, 1.807) is 6.20 Å². The van der Waals surface area contributed by atoms with Gasteiger partial charge >= 0.3 is 0 Å². The van der Waals surface area contributed by atoms with E-state index in [2.05, 4.69) is 43.0 Å². The maximum atomic E-state index is 11.9. The summed E-state index contributed by atoms with van der Waals surface area (Å²) in [6.07, 6.45) is 4.20. The zero-order valence-corrected chi connectivity index (χ0v) is 13.7. The highest BCUT2D eigenvalue weighted by atomic mass is 16.2. The van der Waals surface area contributed by atoms with Crippen LogP contribution in [0.4, 0.5) is 5.69 Å². The van der Waals surface area contributed by atoms with Gasteiger partial charge in [-0.2, -0.15) is 5.10 Å². The fraction of sp³-hybridized carbons (Fsp3) is 0.733. The highest BCUT2D eigenvalue weighted by molar-refractivity contribution is 5.94. The number of hydrogen-bond donors (Lipinski definition) is 2. The Morgan fingerprint density at radius 3 is 2.67 bits per heavy atom. The molecule has 0 aliphatic rings. The molecule has 0 aliphatic carbocycles. The van der Waals surface area contributed by atoms with Gasteiger partial charge in [0, 0.05) is 12.7 Å². The van der Waals surface area contributed by atoms with E-state index in [-0.39, 0.29) is 5.91 Å². The lowest BCUT2D eigenvalue weighted by molar-refractivity contribution is -0.117. The van der Waals surface area contributed by atoms with Crippen molar-refractivity contribution in [1.29, 1.82) is 0 Å². The van der Waals surface area contributed by atoms with E-state index in [1.165, 1.54) is 0 Å². The second-order valence-electron chi connectivity index (χ2n) is 5.74. The third-order valence-electron chi connectivity index (χ3n) is 3.50. The van der Waals surface area contributed by atoms with Crippen LogP contribution in [0.25, 0.3) is 0 Å². The van der Waals surface area contributed by atoms with Crippen LogP contribution in [0, 0.1) is 5.92 Å². The first-order chi connectivity index (χ1) is 9.96. The van der Waals surface area contributed by atoms with Crippen molar-refractivity contribution in [3.05, 3.63) is 12.4 Å². The lowest BCUT2D eigenvalue weighted by Crippen LogP contribution is -2.36. The Balaban J connectivity index is 2.46. The Morgan fingerprint density at radius 2 is 2.10 bits per heavy atom. The van der Waals surface area contributed by atoms with Crippen LogP contribution >= 0.6 is 0 Å². The fourth-order valence-corrected chi connectivity index (χ4v) is 2.18. The van der Waals surface area contributed by atoms with Crippen molar-refractivity contribution in [2.24, 2.45) is 11.7 Å². The molecule has 3 N–H and O–H groups in total. The van der Waals surface area contributed by atoms with Gasteiger partial charge in [-0.25, -0.2) is 0 Å². The van der Waals surface area contributed by atoms with Gasteiger partial charge in [0.05, 0.1) is 24.5 Å². The van der Waals surface area contributed by atoms with Gasteiger partial charge < -0.3 is 16.0 Å². The van der Waals surface area contributed by atoms with E-state index in [0.29, 0.717) is 18.0 Å². The van der Waals surface area contributed by atoms with Gasteiger partial charge in [-0.3, -0.25) is 9.48 Å². The van der Waals surface area contributed by atoms with Crippen LogP contribution in [0.3, 0.4) is 0 Å². The minimum Gasteiger partial charge on any atom is -0.322 e. The number of likely N-dealkylation sites (N-methyl/N-ethyl adjacent to an activating group) is 1. The number of amides is 1. The third-order valence-corrected chi connectivity index (χ3v) is 3.50. The van der Waals surface area contributed by atoms with Crippen LogP contribution in [0.5, 0.6) is 0 Å². The van der Waals surface area contributed by atoms with Gasteiger partial charge in [0.1, 0.15) is 0 Å². The van der Waals surface area contributed by atoms with Crippen LogP contribution in [-0.2, 0) is 11.3 Å². The molecule has 21 heavy (non-hydrogen) atoms. The van der Waals surface area contributed by atoms with Crippen molar-refractivity contribution in [2.45, 2.75) is 46.7 Å². The molecule has 1 heterocycles. The zero-order chi connectivity index (χ0) is 15.8. The molecule has 1 aromatic heterocycles. The first-order valence-electron chi connectivity index (χ1n) is 7.77. The first-order valence-corrected chi connectivity index (χ1v) is 7.77. The van der Waals surface area contributed by atoms with Crippen molar-refractivity contribution < 1.29 is 4.79 Å². The molecule has 120 valence electrons. The quantitative estimate of drug-likeness (QED) is 0.724. The number of nitrogens with zero attached hydrogens (tertiary/aromatic N) is 3. The molecule has 1 amide bonds. The van der Waals surface area contributed by atoms with Crippen LogP contribution in [0.2, 0.25) is 0 Å². The standard InChI is InChI=1S/C15H29N5O/c1-5-19(6-2)7-8-20-11-13(10-17-20)18-15(21)14(16)9-12(3)4/h10-12,14H,5-9,16H2,1-4H3,(H,18,21)/t14-/m0/s1. The maximum Gasteiger partial charge on any atom is 0.241 e. The van der Waals surface area contributed by atoms with Crippen LogP contribution < -0.4 is 11.1 Å². The minimum absolute atomic E-state index is 0.146. The number of hydrogen-bond acceptors (Lipinski definition) is 4. The van der Waals surface area contributed by atoms with Gasteiger partial charge in [-0.05, 0) is 25.4 Å². The van der Waals surface area contributed by atoms with E-state index in [9.17, 15) is 4.79 Å². The first kappa shape index (κ1) is 17.7. The van der Waals surface area contributed by atoms with E-state index >= 15 is 0 Å². The summed E-state index contributed by atoms with van der Waals surface area (Å²) in [7, 11) is 0. The molecule has 0 fully saturated rings. The zero-order valence-electron chi connectivity index (χ0n) is 13.7. The lowest BCUT2D eigenvalue weighted by Gasteiger charge is -2.17. The molecular weight excluding hydrogens is 266 g/mol. The summed E-state index contributed by atoms with van der Waals surface area (Å²) in [6.45, 7) is 12.2. The van der Waals surface area contributed by atoms with Crippen molar-refractivity contribution in [3.8, 4) is 0 Å². The number of carbonyl (C=O) groups excluding carboxylic acids is 1. The summed E-state index contributed by atoms with van der Waals surface area (Å²) >= 11 is 0. The topological polar surface area (TPSA) is 76.2 Å². The maximum absolute atomic E-state index is 11.9. The van der Waals surface area contributed by atoms with E-state index in [4.69, 9.17) is 5.73 Å². The summed E-state index contributed by atoms with van der Waals surface area (Å²) in [5.74, 6) is 0.259. The molecule has 0 bridgehead atoms. The minimum atomic E-state index is -0.468. The van der Waals surface area contributed by atoms with E-state index < -0.39 is 6.04 Å². The number of carbonyl (C=O) groups is 1. The molecular formula is C15H29N5O. The Labute approximate surface area is 127 Å². The molecule has 0 saturated carbocycles. The molecule has 0 aromatic carbocycles. The monoisotopic (exact) mass is 295 g/mol. The summed E-state index contributed by atoms with van der Waals surface area (Å²) in [6, 6.07) is -0.468. The largest absolute Gasteiger partial charge is 0.322 e. The molecule has 6 nitrogen and oxygen atoms in total. The Kier molecular flexibility index (Phi) is 7.39. The van der Waals surface area contributed by atoms with E-state index in [1.807, 2.05) is 10.9 Å². The molecule has 1 rings (SSSR count). The summed E-state index contributed by atoms with van der Waals surface area (Å²) in [5, 5.41) is 7.09. The molecule has 0 aliphatic heterocycles. The van der Waals surface area contributed by atoms with Gasteiger partial charge in [0.15, 0.2) is 0 Å². The second-order valence-corrected chi connectivity index (χ2v) is 5.74. The molecule has 0 radical (unpaired) electrons. The summed E-state index contributed by atoms with van der Waals surface area (Å²) in [5.41, 5.74) is 6.57. The van der Waals surface area contributed by atoms with Crippen LogP contribution in [-0.4, -0.2) is 46.3 Å². The normalized spacial score (nSPS) is 12.9. The molecule has 1 atom stereocenters. The van der Waals surface area contributed by atoms with Gasteiger partial charge in [-0.1, -0.05) is 27.7 Å². The Bertz CT molecular complexity index is 425. The summed E-state index contributed by atoms with van der Waals surface area (Å²) < 4.78 is 1.85. The number of nitrogens with one attached hydrogen (secondary N) is 1. The van der Waals surface area contributed by atoms with Crippen molar-refractivity contribution >= 4 is 11.6 Å². The molecule has 0 spiro atoms. The molecule has 0 saturated heterocycles. The van der Waals surface area contributed by atoms with Crippen molar-refractivity contribution in [1.82, 2.24) is 14.7 Å². The third kappa shape index (κ3) is 6.27. The fourth-order valence-electron chi connectivity index (χ4n) is 2.18. The van der Waals surface area contributed by atoms with Gasteiger partial charge in [0.2, 0.25) is 5.91 Å². The lowest BCUT2D eigenvalue weighted by atomic mass is 10.0. The predicted molar refractivity (Wildman–Crippen MR) is 86.1 cm³/mol. The average Bonchev–Trinajstić information content (AvgIpc) is 2.86. The SMILES string of the molecule is CCN(CC)CCn1cc(NC(=O)[C@@H](N)CC(C)C)cn1. The van der Waals surface area contributed by atoms with Gasteiger partial charge in [-0.15, -0.1) is 0 Å². The number of nitrogens with two attached hydrogens (primary N) is 1. The van der Waals surface area contributed by atoms with Crippen molar-refractivity contribution in [2.75, 3.05) is 25.0 Å². The smallest absolute Gasteiger partial charge is 0.241 e. The Hall–Kier alpha value is -1.40. The number of rotatable bonds is 9. The number of anilines is 1. The average molecular weight is 295 g/mol. The molecule has 0 unspecified atom stereocenters. The molecule has 1 aromatic rings. The predicted octanol–water partition coefficient (Wildman–Crippen LogP) is 1.54. The highest BCUT2D eigenvalue weighted by Gasteiger charge is 2.15. The molecule has 6 heteroatoms. The van der Waals surface area contributed by atoms with Crippen molar-refractivity contribution in [3.63, 3.8) is 0 Å². The second kappa shape index (κ2) is 8.79. The van der Waals surface area contributed by atoms with Gasteiger partial charge in [0.25, 0.3) is 0 Å². The number of aromatic nitrogens is 2. The summed E-state index contributed by atoms with van der Waals surface area (Å²) in [4.78, 5) is 14.3. The Morgan fingerprint density at radius 1 is 1.43 bits per heavy atom. The van der Waals surface area contributed by atoms with Crippen LogP contribution in [0.1, 0.15) is 34.1 Å².